The Morgan fingerprint density at radius 1 is 0.812 bits per heavy atom. The second kappa shape index (κ2) is 6.63. The van der Waals surface area contributed by atoms with Crippen LogP contribution in [0.25, 0.3) is 55.1 Å². The number of aryl methyl sites for hydroxylation is 1. The molecular weight excluding hydrogens is 394 g/mol. The van der Waals surface area contributed by atoms with Crippen molar-refractivity contribution in [2.75, 3.05) is 0 Å². The van der Waals surface area contributed by atoms with Crippen LogP contribution in [-0.2, 0) is 11.8 Å². The number of hydrogen-bond donors (Lipinski definition) is 2. The Labute approximate surface area is 185 Å². The molecule has 0 radical (unpaired) electrons. The van der Waals surface area contributed by atoms with Crippen LogP contribution in [0.2, 0.25) is 0 Å². The summed E-state index contributed by atoms with van der Waals surface area (Å²) in [7, 11) is 0. The van der Waals surface area contributed by atoms with E-state index in [2.05, 4.69) is 78.0 Å². The average Bonchev–Trinajstić information content (AvgIpc) is 3.40. The van der Waals surface area contributed by atoms with Crippen molar-refractivity contribution in [2.24, 2.45) is 0 Å². The largest absolute Gasteiger partial charge is 0.357 e. The second-order valence-corrected chi connectivity index (χ2v) is 9.47. The minimum atomic E-state index is -0.0625. The van der Waals surface area contributed by atoms with Crippen molar-refractivity contribution < 1.29 is 0 Å². The highest BCUT2D eigenvalue weighted by Gasteiger charge is 2.26. The molecule has 32 heavy (non-hydrogen) atoms. The Morgan fingerprint density at radius 3 is 2.25 bits per heavy atom. The van der Waals surface area contributed by atoms with Crippen LogP contribution in [0.5, 0.6) is 0 Å². The molecule has 4 heterocycles. The van der Waals surface area contributed by atoms with Crippen LogP contribution >= 0.6 is 0 Å². The number of aromatic amines is 2. The van der Waals surface area contributed by atoms with Gasteiger partial charge >= 0.3 is 0 Å². The summed E-state index contributed by atoms with van der Waals surface area (Å²) in [6.45, 7) is 8.91. The number of benzene rings is 2. The second-order valence-electron chi connectivity index (χ2n) is 9.47. The van der Waals surface area contributed by atoms with E-state index in [1.54, 1.807) is 0 Å². The number of H-pyrrole nitrogens is 2. The van der Waals surface area contributed by atoms with E-state index in [1.165, 1.54) is 16.6 Å². The molecule has 4 aromatic heterocycles. The molecule has 0 aliphatic rings. The van der Waals surface area contributed by atoms with E-state index in [-0.39, 0.29) is 5.41 Å². The van der Waals surface area contributed by atoms with Crippen LogP contribution in [-0.4, -0.2) is 24.9 Å². The predicted molar refractivity (Wildman–Crippen MR) is 132 cm³/mol. The lowest BCUT2D eigenvalue weighted by Crippen LogP contribution is -2.13. The molecule has 6 aromatic rings. The van der Waals surface area contributed by atoms with Gasteiger partial charge in [-0.15, -0.1) is 0 Å². The lowest BCUT2D eigenvalue weighted by Gasteiger charge is -2.18. The van der Waals surface area contributed by atoms with Crippen LogP contribution in [0, 0.1) is 0 Å². The first-order chi connectivity index (χ1) is 15.5. The highest BCUT2D eigenvalue weighted by Crippen LogP contribution is 2.40. The van der Waals surface area contributed by atoms with Crippen LogP contribution in [0.3, 0.4) is 0 Å². The van der Waals surface area contributed by atoms with Gasteiger partial charge in [-0.1, -0.05) is 33.8 Å². The van der Waals surface area contributed by atoms with E-state index in [4.69, 9.17) is 4.98 Å². The Balaban J connectivity index is 1.77. The average molecular weight is 420 g/mol. The fourth-order valence-electron chi connectivity index (χ4n) is 4.73. The number of fused-ring (bicyclic) bond motifs is 7. The summed E-state index contributed by atoms with van der Waals surface area (Å²) in [6, 6.07) is 14.8. The monoisotopic (exact) mass is 419 g/mol. The van der Waals surface area contributed by atoms with Crippen molar-refractivity contribution in [1.29, 1.82) is 0 Å². The molecule has 2 aromatic carbocycles. The van der Waals surface area contributed by atoms with Gasteiger partial charge < -0.3 is 9.97 Å². The van der Waals surface area contributed by atoms with E-state index in [0.29, 0.717) is 0 Å². The van der Waals surface area contributed by atoms with Crippen molar-refractivity contribution in [3.8, 4) is 11.4 Å². The van der Waals surface area contributed by atoms with E-state index in [1.807, 2.05) is 24.5 Å². The molecule has 0 saturated carbocycles. The molecule has 0 fully saturated rings. The van der Waals surface area contributed by atoms with Crippen LogP contribution in [0.15, 0.2) is 54.9 Å². The molecule has 2 N–H and O–H groups in total. The van der Waals surface area contributed by atoms with Crippen molar-refractivity contribution in [2.45, 2.75) is 39.5 Å². The smallest absolute Gasteiger partial charge is 0.141 e. The Kier molecular flexibility index (Phi) is 3.94. The van der Waals surface area contributed by atoms with Gasteiger partial charge in [-0.2, -0.15) is 0 Å². The number of imidazole rings is 1. The third kappa shape index (κ3) is 2.67. The molecule has 5 nitrogen and oxygen atoms in total. The van der Waals surface area contributed by atoms with Crippen LogP contribution in [0.4, 0.5) is 0 Å². The summed E-state index contributed by atoms with van der Waals surface area (Å²) in [4.78, 5) is 21.8. The zero-order chi connectivity index (χ0) is 22.0. The fraction of sp³-hybridized carbons (Fsp3) is 0.222. The molecule has 0 aliphatic carbocycles. The van der Waals surface area contributed by atoms with Gasteiger partial charge in [0.25, 0.3) is 0 Å². The summed E-state index contributed by atoms with van der Waals surface area (Å²) in [5, 5.41) is 3.26. The first-order valence-electron chi connectivity index (χ1n) is 11.1. The molecule has 0 bridgehead atoms. The minimum Gasteiger partial charge on any atom is -0.357 e. The Hall–Kier alpha value is -3.73. The maximum Gasteiger partial charge on any atom is 0.141 e. The third-order valence-corrected chi connectivity index (χ3v) is 6.33. The topological polar surface area (TPSA) is 70.2 Å². The normalized spacial score (nSPS) is 12.5. The van der Waals surface area contributed by atoms with Crippen molar-refractivity contribution in [1.82, 2.24) is 24.9 Å². The predicted octanol–water partition coefficient (Wildman–Crippen LogP) is 6.67. The molecule has 0 atom stereocenters. The lowest BCUT2D eigenvalue weighted by molar-refractivity contribution is 0.575. The first kappa shape index (κ1) is 19.0. The van der Waals surface area contributed by atoms with Gasteiger partial charge in [-0.3, -0.25) is 9.97 Å². The number of aromatic nitrogens is 5. The van der Waals surface area contributed by atoms with Crippen LogP contribution in [0.1, 0.15) is 39.0 Å². The summed E-state index contributed by atoms with van der Waals surface area (Å²) in [5.74, 6) is 0.880. The number of pyridine rings is 2. The highest BCUT2D eigenvalue weighted by molar-refractivity contribution is 6.21. The van der Waals surface area contributed by atoms with E-state index < -0.39 is 0 Å². The molecule has 0 spiro atoms. The standard InChI is InChI=1S/C27H25N5/c1-5-15-10-11-19-18(14-15)20(25(30-19)27(2,3)4)26-31-23-16-8-6-12-28-21(16)22-17(24(23)32-26)9-7-13-29-22/h6-14,30H,5H2,1-4H3,(H,31,32). The molecule has 0 aliphatic heterocycles. The molecular formula is C27H25N5. The zero-order valence-electron chi connectivity index (χ0n) is 18.7. The molecule has 0 saturated heterocycles. The van der Waals surface area contributed by atoms with Gasteiger partial charge in [0.1, 0.15) is 5.82 Å². The molecule has 158 valence electrons. The summed E-state index contributed by atoms with van der Waals surface area (Å²) in [5.41, 5.74) is 8.45. The summed E-state index contributed by atoms with van der Waals surface area (Å²) in [6.07, 6.45) is 4.64. The molecule has 6 rings (SSSR count). The SMILES string of the molecule is CCc1ccc2[nH]c(C(C)(C)C)c(-c3nc4c5cccnc5c5ncccc5c4[nH]3)c2c1. The van der Waals surface area contributed by atoms with E-state index in [0.717, 1.165) is 56.2 Å². The molecule has 0 amide bonds. The van der Waals surface area contributed by atoms with Crippen molar-refractivity contribution in [3.63, 3.8) is 0 Å². The number of nitrogens with one attached hydrogen (secondary N) is 2. The van der Waals surface area contributed by atoms with Crippen LogP contribution < -0.4 is 0 Å². The molecule has 0 unspecified atom stereocenters. The highest BCUT2D eigenvalue weighted by atomic mass is 14.9. The quantitative estimate of drug-likeness (QED) is 0.308. The van der Waals surface area contributed by atoms with Gasteiger partial charge in [0.15, 0.2) is 0 Å². The Morgan fingerprint density at radius 2 is 1.53 bits per heavy atom. The van der Waals surface area contributed by atoms with E-state index in [9.17, 15) is 0 Å². The maximum atomic E-state index is 5.17. The number of rotatable bonds is 2. The van der Waals surface area contributed by atoms with Gasteiger partial charge in [0.05, 0.1) is 22.1 Å². The third-order valence-electron chi connectivity index (χ3n) is 6.33. The Bertz CT molecular complexity index is 1570. The van der Waals surface area contributed by atoms with Crippen molar-refractivity contribution in [3.05, 3.63) is 66.1 Å². The van der Waals surface area contributed by atoms with Gasteiger partial charge in [-0.25, -0.2) is 4.98 Å². The van der Waals surface area contributed by atoms with Gasteiger partial charge in [0, 0.05) is 50.7 Å². The molecule has 5 heteroatoms. The number of nitrogens with zero attached hydrogens (tertiary/aromatic N) is 3. The zero-order valence-corrected chi connectivity index (χ0v) is 18.7. The maximum absolute atomic E-state index is 5.17. The summed E-state index contributed by atoms with van der Waals surface area (Å²) < 4.78 is 0. The van der Waals surface area contributed by atoms with E-state index >= 15 is 0 Å². The first-order valence-corrected chi connectivity index (χ1v) is 11.1. The van der Waals surface area contributed by atoms with Gasteiger partial charge in [-0.05, 0) is 48.4 Å². The fourth-order valence-corrected chi connectivity index (χ4v) is 4.73. The van der Waals surface area contributed by atoms with Crippen molar-refractivity contribution >= 4 is 43.7 Å². The van der Waals surface area contributed by atoms with Gasteiger partial charge in [0.2, 0.25) is 0 Å². The number of hydrogen-bond acceptors (Lipinski definition) is 3. The minimum absolute atomic E-state index is 0.0625. The lowest BCUT2D eigenvalue weighted by atomic mass is 9.88. The summed E-state index contributed by atoms with van der Waals surface area (Å²) >= 11 is 0.